The van der Waals surface area contributed by atoms with Gasteiger partial charge >= 0.3 is 0 Å². The van der Waals surface area contributed by atoms with Crippen molar-refractivity contribution < 1.29 is 4.79 Å². The third kappa shape index (κ3) is 3.42. The van der Waals surface area contributed by atoms with E-state index in [2.05, 4.69) is 29.4 Å². The van der Waals surface area contributed by atoms with Gasteiger partial charge in [0, 0.05) is 18.6 Å². The highest BCUT2D eigenvalue weighted by Crippen LogP contribution is 2.49. The van der Waals surface area contributed by atoms with Gasteiger partial charge in [0.25, 0.3) is 0 Å². The fourth-order valence-electron chi connectivity index (χ4n) is 4.95. The highest BCUT2D eigenvalue weighted by Gasteiger charge is 2.42. The van der Waals surface area contributed by atoms with E-state index in [4.69, 9.17) is 0 Å². The van der Waals surface area contributed by atoms with Crippen molar-refractivity contribution in [3.8, 4) is 0 Å². The fourth-order valence-corrected chi connectivity index (χ4v) is 4.95. The molecule has 3 rings (SSSR count). The third-order valence-corrected chi connectivity index (χ3v) is 6.13. The molecule has 3 fully saturated rings. The lowest BCUT2D eigenvalue weighted by Crippen LogP contribution is -2.47. The van der Waals surface area contributed by atoms with Gasteiger partial charge in [-0.2, -0.15) is 0 Å². The topological polar surface area (TPSA) is 44.4 Å². The number of likely N-dealkylation sites (N-methyl/N-ethyl adjacent to an activating group) is 1. The minimum Gasteiger partial charge on any atom is -0.352 e. The lowest BCUT2D eigenvalue weighted by Gasteiger charge is -2.30. The zero-order valence-corrected chi connectivity index (χ0v) is 13.6. The van der Waals surface area contributed by atoms with Gasteiger partial charge in [0.15, 0.2) is 0 Å². The van der Waals surface area contributed by atoms with Crippen molar-refractivity contribution in [2.75, 3.05) is 26.2 Å². The van der Waals surface area contributed by atoms with Crippen LogP contribution in [0.4, 0.5) is 0 Å². The molecule has 1 amide bonds. The number of nitrogens with zero attached hydrogens (tertiary/aromatic N) is 1. The number of rotatable bonds is 6. The van der Waals surface area contributed by atoms with Crippen LogP contribution in [0, 0.1) is 17.8 Å². The van der Waals surface area contributed by atoms with Crippen molar-refractivity contribution in [2.45, 2.75) is 58.0 Å². The Bertz CT molecular complexity index is 367. The van der Waals surface area contributed by atoms with Gasteiger partial charge in [-0.25, -0.2) is 0 Å². The predicted octanol–water partition coefficient (Wildman–Crippen LogP) is 1.61. The number of carbonyl (C=O) groups is 1. The van der Waals surface area contributed by atoms with E-state index < -0.39 is 0 Å². The molecule has 2 aliphatic carbocycles. The predicted molar refractivity (Wildman–Crippen MR) is 85.1 cm³/mol. The molecule has 2 N–H and O–H groups in total. The molecule has 1 saturated heterocycles. The first-order valence-electron chi connectivity index (χ1n) is 8.91. The van der Waals surface area contributed by atoms with Crippen LogP contribution in [0.5, 0.6) is 0 Å². The van der Waals surface area contributed by atoms with Crippen molar-refractivity contribution in [1.29, 1.82) is 0 Å². The van der Waals surface area contributed by atoms with Gasteiger partial charge in [-0.1, -0.05) is 13.3 Å². The number of nitrogens with one attached hydrogen (secondary N) is 2. The SMILES string of the molecule is CCN(CC(=O)NC(C)C1CC2CCC1C2)C1CCNC1. The van der Waals surface area contributed by atoms with Crippen LogP contribution < -0.4 is 10.6 Å². The molecule has 3 aliphatic rings. The summed E-state index contributed by atoms with van der Waals surface area (Å²) in [6, 6.07) is 0.895. The molecule has 0 aromatic carbocycles. The molecule has 1 aliphatic heterocycles. The lowest BCUT2D eigenvalue weighted by molar-refractivity contribution is -0.123. The minimum atomic E-state index is 0.221. The lowest BCUT2D eigenvalue weighted by atomic mass is 9.84. The highest BCUT2D eigenvalue weighted by atomic mass is 16.2. The molecule has 0 aromatic heterocycles. The van der Waals surface area contributed by atoms with Crippen LogP contribution in [0.3, 0.4) is 0 Å². The number of amides is 1. The summed E-state index contributed by atoms with van der Waals surface area (Å²) < 4.78 is 0. The summed E-state index contributed by atoms with van der Waals surface area (Å²) in [5.74, 6) is 2.79. The summed E-state index contributed by atoms with van der Waals surface area (Å²) in [6.45, 7) is 8.02. The molecule has 5 atom stereocenters. The Morgan fingerprint density at radius 3 is 2.76 bits per heavy atom. The number of fused-ring (bicyclic) bond motifs is 2. The number of hydrogen-bond donors (Lipinski definition) is 2. The van der Waals surface area contributed by atoms with Crippen molar-refractivity contribution in [3.63, 3.8) is 0 Å². The largest absolute Gasteiger partial charge is 0.352 e. The van der Waals surface area contributed by atoms with Crippen LogP contribution in [-0.4, -0.2) is 49.1 Å². The van der Waals surface area contributed by atoms with Crippen molar-refractivity contribution in [3.05, 3.63) is 0 Å². The maximum absolute atomic E-state index is 12.4. The Hall–Kier alpha value is -0.610. The molecule has 2 bridgehead atoms. The summed E-state index contributed by atoms with van der Waals surface area (Å²) in [4.78, 5) is 14.7. The zero-order chi connectivity index (χ0) is 14.8. The van der Waals surface area contributed by atoms with E-state index in [-0.39, 0.29) is 5.91 Å². The van der Waals surface area contributed by atoms with Crippen LogP contribution >= 0.6 is 0 Å². The van der Waals surface area contributed by atoms with Gasteiger partial charge in [-0.3, -0.25) is 9.69 Å². The molecule has 4 heteroatoms. The summed E-state index contributed by atoms with van der Waals surface area (Å²) in [6.07, 6.45) is 6.75. The Labute approximate surface area is 129 Å². The van der Waals surface area contributed by atoms with E-state index in [0.717, 1.165) is 37.4 Å². The molecule has 0 spiro atoms. The quantitative estimate of drug-likeness (QED) is 0.782. The van der Waals surface area contributed by atoms with Crippen molar-refractivity contribution in [2.24, 2.45) is 17.8 Å². The fraction of sp³-hybridized carbons (Fsp3) is 0.941. The van der Waals surface area contributed by atoms with Gasteiger partial charge in [0.1, 0.15) is 0 Å². The molecule has 5 unspecified atom stereocenters. The molecule has 0 radical (unpaired) electrons. The molecule has 120 valence electrons. The smallest absolute Gasteiger partial charge is 0.234 e. The standard InChI is InChI=1S/C17H31N3O/c1-3-20(15-6-7-18-10-15)11-17(21)19-12(2)16-9-13-4-5-14(16)8-13/h12-16,18H,3-11H2,1-2H3,(H,19,21). The Balaban J connectivity index is 1.46. The van der Waals surface area contributed by atoms with E-state index in [1.54, 1.807) is 0 Å². The van der Waals surface area contributed by atoms with Gasteiger partial charge in [-0.05, 0) is 63.5 Å². The van der Waals surface area contributed by atoms with Crippen molar-refractivity contribution in [1.82, 2.24) is 15.5 Å². The number of carbonyl (C=O) groups excluding carboxylic acids is 1. The van der Waals surface area contributed by atoms with Gasteiger partial charge in [0.05, 0.1) is 6.54 Å². The zero-order valence-electron chi connectivity index (χ0n) is 13.6. The second kappa shape index (κ2) is 6.66. The third-order valence-electron chi connectivity index (χ3n) is 6.13. The maximum atomic E-state index is 12.4. The monoisotopic (exact) mass is 293 g/mol. The van der Waals surface area contributed by atoms with Crippen LogP contribution in [0.25, 0.3) is 0 Å². The van der Waals surface area contributed by atoms with Gasteiger partial charge in [-0.15, -0.1) is 0 Å². The molecule has 4 nitrogen and oxygen atoms in total. The summed E-state index contributed by atoms with van der Waals surface area (Å²) in [5.41, 5.74) is 0. The average molecular weight is 293 g/mol. The maximum Gasteiger partial charge on any atom is 0.234 e. The van der Waals surface area contributed by atoms with E-state index in [9.17, 15) is 4.79 Å². The van der Waals surface area contributed by atoms with Crippen LogP contribution in [-0.2, 0) is 4.79 Å². The highest BCUT2D eigenvalue weighted by molar-refractivity contribution is 5.78. The second-order valence-electron chi connectivity index (χ2n) is 7.40. The second-order valence-corrected chi connectivity index (χ2v) is 7.40. The van der Waals surface area contributed by atoms with E-state index in [0.29, 0.717) is 18.6 Å². The van der Waals surface area contributed by atoms with Crippen LogP contribution in [0.1, 0.15) is 46.0 Å². The summed E-state index contributed by atoms with van der Waals surface area (Å²) in [5, 5.41) is 6.68. The molecule has 2 saturated carbocycles. The van der Waals surface area contributed by atoms with E-state index in [1.807, 2.05) is 0 Å². The van der Waals surface area contributed by atoms with E-state index >= 15 is 0 Å². The molecular weight excluding hydrogens is 262 g/mol. The van der Waals surface area contributed by atoms with Crippen molar-refractivity contribution >= 4 is 5.91 Å². The average Bonchev–Trinajstić information content (AvgIpc) is 3.20. The van der Waals surface area contributed by atoms with Gasteiger partial charge < -0.3 is 10.6 Å². The molecule has 0 aromatic rings. The normalized spacial score (nSPS) is 36.3. The molecule has 21 heavy (non-hydrogen) atoms. The first-order valence-corrected chi connectivity index (χ1v) is 8.91. The Morgan fingerprint density at radius 2 is 2.19 bits per heavy atom. The molecular formula is C17H31N3O. The van der Waals surface area contributed by atoms with Gasteiger partial charge in [0.2, 0.25) is 5.91 Å². The van der Waals surface area contributed by atoms with Crippen LogP contribution in [0.15, 0.2) is 0 Å². The van der Waals surface area contributed by atoms with E-state index in [1.165, 1.54) is 32.1 Å². The first-order chi connectivity index (χ1) is 10.2. The number of hydrogen-bond acceptors (Lipinski definition) is 3. The summed E-state index contributed by atoms with van der Waals surface area (Å²) in [7, 11) is 0. The minimum absolute atomic E-state index is 0.221. The first kappa shape index (κ1) is 15.3. The Morgan fingerprint density at radius 1 is 1.33 bits per heavy atom. The van der Waals surface area contributed by atoms with Crippen LogP contribution in [0.2, 0.25) is 0 Å². The Kier molecular flexibility index (Phi) is 4.85. The molecule has 1 heterocycles. The summed E-state index contributed by atoms with van der Waals surface area (Å²) >= 11 is 0.